The van der Waals surface area contributed by atoms with E-state index < -0.39 is 5.91 Å². The Morgan fingerprint density at radius 2 is 1.69 bits per heavy atom. The summed E-state index contributed by atoms with van der Waals surface area (Å²) in [6.45, 7) is 0.266. The SMILES string of the molecule is COc1cc(C=NNC(=O)CCC(=O)Nc2ccccc2Cl)cc(Br)c1OCc1ccccc1Cl. The molecule has 0 aromatic heterocycles. The average Bonchev–Trinajstić information content (AvgIpc) is 2.84. The van der Waals surface area contributed by atoms with Crippen molar-refractivity contribution < 1.29 is 19.1 Å². The van der Waals surface area contributed by atoms with E-state index in [2.05, 4.69) is 31.8 Å². The zero-order valence-corrected chi connectivity index (χ0v) is 21.8. The Morgan fingerprint density at radius 3 is 2.40 bits per heavy atom. The van der Waals surface area contributed by atoms with E-state index in [1.165, 1.54) is 13.3 Å². The number of nitrogens with one attached hydrogen (secondary N) is 2. The number of carbonyl (C=O) groups excluding carboxylic acids is 2. The number of ether oxygens (including phenoxy) is 2. The summed E-state index contributed by atoms with van der Waals surface area (Å²) in [5.74, 6) is 0.271. The highest BCUT2D eigenvalue weighted by Crippen LogP contribution is 2.37. The second-order valence-corrected chi connectivity index (χ2v) is 8.90. The van der Waals surface area contributed by atoms with Crippen LogP contribution in [0.2, 0.25) is 10.0 Å². The quantitative estimate of drug-likeness (QED) is 0.221. The van der Waals surface area contributed by atoms with Gasteiger partial charge < -0.3 is 14.8 Å². The Labute approximate surface area is 221 Å². The van der Waals surface area contributed by atoms with Crippen LogP contribution >= 0.6 is 39.1 Å². The number of anilines is 1. The Bertz CT molecular complexity index is 1240. The van der Waals surface area contributed by atoms with Gasteiger partial charge in [-0.2, -0.15) is 5.10 Å². The van der Waals surface area contributed by atoms with Crippen molar-refractivity contribution >= 4 is 62.8 Å². The van der Waals surface area contributed by atoms with Gasteiger partial charge in [-0.1, -0.05) is 53.5 Å². The molecule has 7 nitrogen and oxygen atoms in total. The summed E-state index contributed by atoms with van der Waals surface area (Å²) in [5.41, 5.74) is 4.41. The number of benzene rings is 3. The number of nitrogens with zero attached hydrogens (tertiary/aromatic N) is 1. The number of carbonyl (C=O) groups is 2. The minimum absolute atomic E-state index is 0.0105. The fraction of sp³-hybridized carbons (Fsp3) is 0.160. The molecule has 0 aliphatic carbocycles. The van der Waals surface area contributed by atoms with Crippen LogP contribution in [0, 0.1) is 0 Å². The van der Waals surface area contributed by atoms with Gasteiger partial charge >= 0.3 is 0 Å². The summed E-state index contributed by atoms with van der Waals surface area (Å²) in [6, 6.07) is 17.8. The van der Waals surface area contributed by atoms with Crippen molar-refractivity contribution in [1.29, 1.82) is 0 Å². The van der Waals surface area contributed by atoms with Crippen LogP contribution in [0.1, 0.15) is 24.0 Å². The number of methoxy groups -OCH3 is 1. The molecule has 0 aliphatic rings. The Balaban J connectivity index is 1.53. The number of para-hydroxylation sites is 1. The smallest absolute Gasteiger partial charge is 0.240 e. The lowest BCUT2D eigenvalue weighted by Crippen LogP contribution is -2.20. The second-order valence-electron chi connectivity index (χ2n) is 7.24. The molecular weight excluding hydrogens is 557 g/mol. The van der Waals surface area contributed by atoms with Crippen molar-refractivity contribution in [2.75, 3.05) is 12.4 Å². The average molecular weight is 579 g/mol. The van der Waals surface area contributed by atoms with E-state index in [-0.39, 0.29) is 25.4 Å². The van der Waals surface area contributed by atoms with Crippen molar-refractivity contribution in [2.24, 2.45) is 5.10 Å². The van der Waals surface area contributed by atoms with E-state index >= 15 is 0 Å². The monoisotopic (exact) mass is 577 g/mol. The van der Waals surface area contributed by atoms with E-state index in [0.29, 0.717) is 37.3 Å². The molecule has 0 saturated heterocycles. The van der Waals surface area contributed by atoms with Gasteiger partial charge in [-0.25, -0.2) is 5.43 Å². The van der Waals surface area contributed by atoms with Crippen LogP contribution in [0.4, 0.5) is 5.69 Å². The molecule has 2 amide bonds. The minimum Gasteiger partial charge on any atom is -0.493 e. The topological polar surface area (TPSA) is 89.0 Å². The maximum absolute atomic E-state index is 12.1. The van der Waals surface area contributed by atoms with E-state index in [1.54, 1.807) is 42.5 Å². The molecule has 0 fully saturated rings. The van der Waals surface area contributed by atoms with E-state index in [0.717, 1.165) is 5.56 Å². The normalized spacial score (nSPS) is 10.7. The van der Waals surface area contributed by atoms with E-state index in [1.807, 2.05) is 18.2 Å². The Hall–Kier alpha value is -3.07. The third-order valence-corrected chi connectivity index (χ3v) is 6.00. The van der Waals surface area contributed by atoms with Crippen LogP contribution in [-0.2, 0) is 16.2 Å². The second kappa shape index (κ2) is 13.1. The molecule has 182 valence electrons. The van der Waals surface area contributed by atoms with Crippen LogP contribution in [-0.4, -0.2) is 25.1 Å². The molecule has 3 rings (SSSR count). The van der Waals surface area contributed by atoms with Gasteiger partial charge in [-0.05, 0) is 51.8 Å². The van der Waals surface area contributed by atoms with Crippen LogP contribution in [0.3, 0.4) is 0 Å². The van der Waals surface area contributed by atoms with Gasteiger partial charge in [-0.15, -0.1) is 0 Å². The molecule has 0 heterocycles. The van der Waals surface area contributed by atoms with Gasteiger partial charge in [0, 0.05) is 23.4 Å². The highest BCUT2D eigenvalue weighted by molar-refractivity contribution is 9.10. The maximum atomic E-state index is 12.1. The minimum atomic E-state index is -0.402. The number of rotatable bonds is 10. The standard InChI is InChI=1S/C25H22BrCl2N3O4/c1-34-22-13-16(12-18(26)25(22)35-15-17-6-2-3-7-19(17)27)14-29-31-24(33)11-10-23(32)30-21-9-5-4-8-20(21)28/h2-9,12-14H,10-11,15H2,1H3,(H,30,32)(H,31,33). The number of hydrogen-bond donors (Lipinski definition) is 2. The highest BCUT2D eigenvalue weighted by atomic mass is 79.9. The summed E-state index contributed by atoms with van der Waals surface area (Å²) in [7, 11) is 1.53. The summed E-state index contributed by atoms with van der Waals surface area (Å²) in [4.78, 5) is 24.1. The molecule has 10 heteroatoms. The molecule has 0 bridgehead atoms. The van der Waals surface area contributed by atoms with Gasteiger partial charge in [0.2, 0.25) is 11.8 Å². The zero-order chi connectivity index (χ0) is 25.2. The van der Waals surface area contributed by atoms with Crippen LogP contribution in [0.15, 0.2) is 70.2 Å². The first kappa shape index (κ1) is 26.5. The van der Waals surface area contributed by atoms with E-state index in [9.17, 15) is 9.59 Å². The van der Waals surface area contributed by atoms with Gasteiger partial charge in [0.05, 0.1) is 28.5 Å². The van der Waals surface area contributed by atoms with Crippen molar-refractivity contribution in [3.8, 4) is 11.5 Å². The molecule has 0 saturated carbocycles. The fourth-order valence-electron chi connectivity index (χ4n) is 2.96. The summed E-state index contributed by atoms with van der Waals surface area (Å²) in [6.07, 6.45) is 1.42. The first-order valence-corrected chi connectivity index (χ1v) is 12.0. The van der Waals surface area contributed by atoms with Gasteiger partial charge in [0.15, 0.2) is 11.5 Å². The molecule has 0 atom stereocenters. The van der Waals surface area contributed by atoms with Gasteiger partial charge in [-0.3, -0.25) is 9.59 Å². The fourth-order valence-corrected chi connectivity index (χ4v) is 3.90. The van der Waals surface area contributed by atoms with Gasteiger partial charge in [0.25, 0.3) is 0 Å². The number of halogens is 3. The molecule has 0 radical (unpaired) electrons. The van der Waals surface area contributed by atoms with Crippen molar-refractivity contribution in [2.45, 2.75) is 19.4 Å². The predicted octanol–water partition coefficient (Wildman–Crippen LogP) is 6.21. The predicted molar refractivity (Wildman–Crippen MR) is 142 cm³/mol. The number of hydrogen-bond acceptors (Lipinski definition) is 5. The molecule has 35 heavy (non-hydrogen) atoms. The van der Waals surface area contributed by atoms with Crippen molar-refractivity contribution in [3.05, 3.63) is 86.3 Å². The third kappa shape index (κ3) is 7.99. The summed E-state index contributed by atoms with van der Waals surface area (Å²) < 4.78 is 12.0. The highest BCUT2D eigenvalue weighted by Gasteiger charge is 2.13. The van der Waals surface area contributed by atoms with Crippen LogP contribution < -0.4 is 20.2 Å². The first-order chi connectivity index (χ1) is 16.9. The van der Waals surface area contributed by atoms with Crippen molar-refractivity contribution in [3.63, 3.8) is 0 Å². The maximum Gasteiger partial charge on any atom is 0.240 e. The zero-order valence-electron chi connectivity index (χ0n) is 18.7. The summed E-state index contributed by atoms with van der Waals surface area (Å²) >= 11 is 15.7. The molecule has 3 aromatic carbocycles. The Kier molecular flexibility index (Phi) is 9.96. The lowest BCUT2D eigenvalue weighted by molar-refractivity contribution is -0.124. The lowest BCUT2D eigenvalue weighted by Gasteiger charge is -2.14. The number of hydrazone groups is 1. The largest absolute Gasteiger partial charge is 0.493 e. The molecular formula is C25H22BrCl2N3O4. The molecule has 2 N–H and O–H groups in total. The molecule has 3 aromatic rings. The van der Waals surface area contributed by atoms with Crippen molar-refractivity contribution in [1.82, 2.24) is 5.43 Å². The van der Waals surface area contributed by atoms with Crippen LogP contribution in [0.5, 0.6) is 11.5 Å². The van der Waals surface area contributed by atoms with E-state index in [4.69, 9.17) is 32.7 Å². The summed E-state index contributed by atoms with van der Waals surface area (Å²) in [5, 5.41) is 7.67. The molecule has 0 spiro atoms. The first-order valence-electron chi connectivity index (χ1n) is 10.5. The lowest BCUT2D eigenvalue weighted by atomic mass is 10.2. The Morgan fingerprint density at radius 1 is 1.00 bits per heavy atom. The molecule has 0 aliphatic heterocycles. The van der Waals surface area contributed by atoms with Crippen LogP contribution in [0.25, 0.3) is 0 Å². The number of amides is 2. The molecule has 0 unspecified atom stereocenters. The van der Waals surface area contributed by atoms with Gasteiger partial charge in [0.1, 0.15) is 6.61 Å². The third-order valence-electron chi connectivity index (χ3n) is 4.71.